The van der Waals surface area contributed by atoms with Crippen LogP contribution in [0.4, 0.5) is 0 Å². The molecule has 3 rings (SSSR count). The molecule has 0 radical (unpaired) electrons. The molecule has 1 fully saturated rings. The number of thiocarbonyl (C=S) groups is 1. The van der Waals surface area contributed by atoms with Crippen molar-refractivity contribution in [2.24, 2.45) is 0 Å². The van der Waals surface area contributed by atoms with E-state index in [0.29, 0.717) is 19.0 Å². The maximum atomic E-state index is 12.4. The number of hydrogen-bond acceptors (Lipinski definition) is 5. The van der Waals surface area contributed by atoms with Gasteiger partial charge < -0.3 is 19.1 Å². The van der Waals surface area contributed by atoms with Crippen molar-refractivity contribution >= 4 is 23.2 Å². The highest BCUT2D eigenvalue weighted by atomic mass is 32.1. The van der Waals surface area contributed by atoms with E-state index in [9.17, 15) is 4.79 Å². The molecular formula is C20H21NO4S. The smallest absolute Gasteiger partial charge is 0.345 e. The number of methoxy groups -OCH3 is 1. The molecule has 0 N–H and O–H groups in total. The minimum Gasteiger partial charge on any atom is -0.424 e. The number of benzene rings is 2. The Hall–Kier alpha value is -2.28. The van der Waals surface area contributed by atoms with Crippen LogP contribution in [0.2, 0.25) is 0 Å². The predicted octanol–water partition coefficient (Wildman–Crippen LogP) is 2.99. The van der Waals surface area contributed by atoms with Gasteiger partial charge in [0.2, 0.25) is 0 Å². The van der Waals surface area contributed by atoms with Crippen LogP contribution in [0, 0.1) is 0 Å². The Bertz CT molecular complexity index is 742. The van der Waals surface area contributed by atoms with Gasteiger partial charge in [0, 0.05) is 25.8 Å². The van der Waals surface area contributed by atoms with E-state index in [1.165, 1.54) is 7.11 Å². The van der Waals surface area contributed by atoms with Gasteiger partial charge >= 0.3 is 5.97 Å². The summed E-state index contributed by atoms with van der Waals surface area (Å²) in [5, 5.41) is 0. The first kappa shape index (κ1) is 18.5. The van der Waals surface area contributed by atoms with Gasteiger partial charge in [0.25, 0.3) is 0 Å². The zero-order chi connectivity index (χ0) is 18.4. The highest BCUT2D eigenvalue weighted by Gasteiger charge is 2.22. The first-order valence-corrected chi connectivity index (χ1v) is 8.86. The lowest BCUT2D eigenvalue weighted by molar-refractivity contribution is -0.146. The third kappa shape index (κ3) is 4.46. The maximum absolute atomic E-state index is 12.4. The minimum atomic E-state index is -0.759. The molecular weight excluding hydrogens is 350 g/mol. The molecule has 0 aromatic heterocycles. The minimum absolute atomic E-state index is 0.456. The van der Waals surface area contributed by atoms with Crippen LogP contribution in [-0.4, -0.2) is 49.3 Å². The fourth-order valence-corrected chi connectivity index (χ4v) is 3.10. The Morgan fingerprint density at radius 1 is 1.08 bits per heavy atom. The number of esters is 1. The van der Waals surface area contributed by atoms with Gasteiger partial charge in [-0.2, -0.15) is 0 Å². The third-order valence-electron chi connectivity index (χ3n) is 4.17. The van der Waals surface area contributed by atoms with Crippen LogP contribution < -0.4 is 4.74 Å². The Morgan fingerprint density at radius 2 is 1.73 bits per heavy atom. The highest BCUT2D eigenvalue weighted by molar-refractivity contribution is 7.80. The average molecular weight is 371 g/mol. The van der Waals surface area contributed by atoms with Gasteiger partial charge in [-0.3, -0.25) is 0 Å². The summed E-state index contributed by atoms with van der Waals surface area (Å²) in [6.45, 7) is 2.96. The van der Waals surface area contributed by atoms with Crippen molar-refractivity contribution in [2.45, 2.75) is 6.10 Å². The summed E-state index contributed by atoms with van der Waals surface area (Å²) in [4.78, 5) is 15.3. The predicted molar refractivity (Wildman–Crippen MR) is 102 cm³/mol. The fraction of sp³-hybridized carbons (Fsp3) is 0.300. The second-order valence-corrected chi connectivity index (χ2v) is 6.26. The Labute approximate surface area is 158 Å². The van der Waals surface area contributed by atoms with Crippen LogP contribution in [0.15, 0.2) is 54.6 Å². The normalized spacial score (nSPS) is 15.3. The molecule has 0 bridgehead atoms. The topological polar surface area (TPSA) is 48.0 Å². The van der Waals surface area contributed by atoms with Crippen LogP contribution in [0.3, 0.4) is 0 Å². The van der Waals surface area contributed by atoms with Crippen molar-refractivity contribution in [1.82, 2.24) is 4.90 Å². The van der Waals surface area contributed by atoms with Gasteiger partial charge in [-0.1, -0.05) is 42.5 Å². The molecule has 0 spiro atoms. The lowest BCUT2D eigenvalue weighted by atomic mass is 10.1. The fourth-order valence-electron chi connectivity index (χ4n) is 2.78. The van der Waals surface area contributed by atoms with Crippen molar-refractivity contribution in [3.63, 3.8) is 0 Å². The largest absolute Gasteiger partial charge is 0.424 e. The Kier molecular flexibility index (Phi) is 6.33. The van der Waals surface area contributed by atoms with E-state index >= 15 is 0 Å². The van der Waals surface area contributed by atoms with E-state index in [0.717, 1.165) is 29.2 Å². The molecule has 26 heavy (non-hydrogen) atoms. The molecule has 1 aliphatic heterocycles. The molecule has 136 valence electrons. The van der Waals surface area contributed by atoms with E-state index in [-0.39, 0.29) is 0 Å². The number of morpholine rings is 1. The number of nitrogens with zero attached hydrogens (tertiary/aromatic N) is 1. The molecule has 1 aliphatic rings. The molecule has 5 nitrogen and oxygen atoms in total. The average Bonchev–Trinajstić information content (AvgIpc) is 2.70. The van der Waals surface area contributed by atoms with E-state index in [4.69, 9.17) is 26.4 Å². The summed E-state index contributed by atoms with van der Waals surface area (Å²) in [7, 11) is 1.49. The van der Waals surface area contributed by atoms with Crippen LogP contribution >= 0.6 is 12.2 Å². The third-order valence-corrected chi connectivity index (χ3v) is 4.66. The number of carbonyl (C=O) groups excluding carboxylic acids is 1. The molecule has 0 aliphatic carbocycles. The molecule has 2 aromatic rings. The van der Waals surface area contributed by atoms with E-state index in [2.05, 4.69) is 4.90 Å². The number of ether oxygens (including phenoxy) is 3. The second-order valence-electron chi connectivity index (χ2n) is 5.88. The molecule has 1 heterocycles. The summed E-state index contributed by atoms with van der Waals surface area (Å²) in [5.74, 6) is 0.00344. The number of rotatable bonds is 5. The van der Waals surface area contributed by atoms with Gasteiger partial charge in [0.1, 0.15) is 10.7 Å². The van der Waals surface area contributed by atoms with Crippen LogP contribution in [0.1, 0.15) is 17.2 Å². The zero-order valence-electron chi connectivity index (χ0n) is 14.6. The second kappa shape index (κ2) is 8.89. The van der Waals surface area contributed by atoms with Crippen molar-refractivity contribution in [3.05, 3.63) is 65.7 Å². The monoisotopic (exact) mass is 371 g/mol. The molecule has 0 amide bonds. The van der Waals surface area contributed by atoms with Crippen molar-refractivity contribution in [2.75, 3.05) is 33.4 Å². The van der Waals surface area contributed by atoms with Crippen LogP contribution in [0.5, 0.6) is 5.75 Å². The first-order valence-electron chi connectivity index (χ1n) is 8.45. The first-order chi connectivity index (χ1) is 12.7. The van der Waals surface area contributed by atoms with Gasteiger partial charge in [0.05, 0.1) is 13.2 Å². The molecule has 1 unspecified atom stereocenters. The number of carbonyl (C=O) groups is 1. The summed E-state index contributed by atoms with van der Waals surface area (Å²) in [5.41, 5.74) is 1.68. The van der Waals surface area contributed by atoms with Gasteiger partial charge in [-0.05, 0) is 29.8 Å². The van der Waals surface area contributed by atoms with Crippen molar-refractivity contribution < 1.29 is 19.0 Å². The van der Waals surface area contributed by atoms with Gasteiger partial charge in [0.15, 0.2) is 6.10 Å². The number of hydrogen-bond donors (Lipinski definition) is 0. The highest BCUT2D eigenvalue weighted by Crippen LogP contribution is 2.21. The summed E-state index contributed by atoms with van der Waals surface area (Å²) in [6, 6.07) is 16.5. The van der Waals surface area contributed by atoms with Crippen molar-refractivity contribution in [3.8, 4) is 5.75 Å². The summed E-state index contributed by atoms with van der Waals surface area (Å²) < 4.78 is 16.1. The van der Waals surface area contributed by atoms with Gasteiger partial charge in [-0.25, -0.2) is 4.79 Å². The molecule has 0 saturated carbocycles. The Morgan fingerprint density at radius 3 is 2.35 bits per heavy atom. The summed E-state index contributed by atoms with van der Waals surface area (Å²) >= 11 is 5.54. The van der Waals surface area contributed by atoms with E-state index in [1.807, 2.05) is 42.5 Å². The maximum Gasteiger partial charge on any atom is 0.345 e. The lowest BCUT2D eigenvalue weighted by Gasteiger charge is -2.29. The lowest BCUT2D eigenvalue weighted by Crippen LogP contribution is -2.40. The standard InChI is InChI=1S/C20H21NO4S/c1-23-18(15-5-3-2-4-6-15)20(22)25-17-9-7-16(8-10-17)19(26)21-11-13-24-14-12-21/h2-10,18H,11-14H2,1H3. The zero-order valence-corrected chi connectivity index (χ0v) is 15.4. The summed E-state index contributed by atoms with van der Waals surface area (Å²) in [6.07, 6.45) is -0.759. The SMILES string of the molecule is COC(C(=O)Oc1ccc(C(=S)N2CCOCC2)cc1)c1ccccc1. The molecule has 2 aromatic carbocycles. The molecule has 6 heteroatoms. The van der Waals surface area contributed by atoms with Crippen LogP contribution in [0.25, 0.3) is 0 Å². The Balaban J connectivity index is 1.65. The molecule has 1 atom stereocenters. The molecule has 1 saturated heterocycles. The van der Waals surface area contributed by atoms with E-state index < -0.39 is 12.1 Å². The van der Waals surface area contributed by atoms with Gasteiger partial charge in [-0.15, -0.1) is 0 Å². The van der Waals surface area contributed by atoms with E-state index in [1.54, 1.807) is 12.1 Å². The quantitative estimate of drug-likeness (QED) is 0.458. The van der Waals surface area contributed by atoms with Crippen molar-refractivity contribution in [1.29, 1.82) is 0 Å². The van der Waals surface area contributed by atoms with Crippen LogP contribution in [-0.2, 0) is 14.3 Å².